The Morgan fingerprint density at radius 2 is 1.94 bits per heavy atom. The largest absolute Gasteiger partial charge is 0.389 e. The molecule has 1 aromatic heterocycles. The molecule has 0 radical (unpaired) electrons. The van der Waals surface area contributed by atoms with Gasteiger partial charge in [0.15, 0.2) is 0 Å². The van der Waals surface area contributed by atoms with Gasteiger partial charge in [0.2, 0.25) is 0 Å². The van der Waals surface area contributed by atoms with E-state index in [1.807, 2.05) is 23.1 Å². The van der Waals surface area contributed by atoms with Gasteiger partial charge >= 0.3 is 0 Å². The van der Waals surface area contributed by atoms with Crippen LogP contribution >= 0.6 is 11.3 Å². The molecule has 2 heterocycles. The van der Waals surface area contributed by atoms with Gasteiger partial charge in [0.25, 0.3) is 0 Å². The lowest BCUT2D eigenvalue weighted by atomic mass is 10.3. The molecule has 0 saturated carbocycles. The summed E-state index contributed by atoms with van der Waals surface area (Å²) >= 11 is 1.67. The number of hydrogen-bond donors (Lipinski definition) is 2. The molecule has 0 spiro atoms. The zero-order valence-corrected chi connectivity index (χ0v) is 10.1. The van der Waals surface area contributed by atoms with E-state index in [0.717, 1.165) is 10.5 Å². The van der Waals surface area contributed by atoms with Gasteiger partial charge in [0.1, 0.15) is 5.01 Å². The van der Waals surface area contributed by atoms with Crippen molar-refractivity contribution in [3.05, 3.63) is 29.3 Å². The molecule has 1 aromatic carbocycles. The number of rotatable bonds is 2. The summed E-state index contributed by atoms with van der Waals surface area (Å²) in [6, 6.07) is 8.05. The summed E-state index contributed by atoms with van der Waals surface area (Å²) in [5.41, 5.74) is 1.02. The Bertz CT molecular complexity index is 485. The lowest BCUT2D eigenvalue weighted by molar-refractivity contribution is 0.0572. The minimum atomic E-state index is -0.621. The molecule has 0 aliphatic carbocycles. The van der Waals surface area contributed by atoms with E-state index in [1.54, 1.807) is 11.3 Å². The van der Waals surface area contributed by atoms with Gasteiger partial charge in [0, 0.05) is 13.1 Å². The highest BCUT2D eigenvalue weighted by Crippen LogP contribution is 2.23. The standard InChI is InChI=1S/C12H14N2O2S/c15-9-5-14(6-10(9)16)7-12-13-8-3-1-2-4-11(8)17-12/h1-4,9-10,15-16H,5-7H2. The molecule has 2 N–H and O–H groups in total. The van der Waals surface area contributed by atoms with E-state index in [2.05, 4.69) is 11.1 Å². The summed E-state index contributed by atoms with van der Waals surface area (Å²) in [5.74, 6) is 0. The van der Waals surface area contributed by atoms with Gasteiger partial charge in [-0.05, 0) is 12.1 Å². The monoisotopic (exact) mass is 250 g/mol. The number of thiazole rings is 1. The number of aliphatic hydroxyl groups is 2. The minimum absolute atomic E-state index is 0.525. The second-order valence-corrected chi connectivity index (χ2v) is 5.52. The zero-order valence-electron chi connectivity index (χ0n) is 9.28. The van der Waals surface area contributed by atoms with Crippen LogP contribution in [0.5, 0.6) is 0 Å². The fraction of sp³-hybridized carbons (Fsp3) is 0.417. The van der Waals surface area contributed by atoms with E-state index in [4.69, 9.17) is 0 Å². The third-order valence-corrected chi connectivity index (χ3v) is 4.05. The van der Waals surface area contributed by atoms with Crippen molar-refractivity contribution < 1.29 is 10.2 Å². The first-order chi connectivity index (χ1) is 8.22. The maximum absolute atomic E-state index is 9.48. The van der Waals surface area contributed by atoms with Crippen LogP contribution in [-0.2, 0) is 6.54 Å². The number of likely N-dealkylation sites (tertiary alicyclic amines) is 1. The predicted molar refractivity (Wildman–Crippen MR) is 66.9 cm³/mol. The number of benzene rings is 1. The van der Waals surface area contributed by atoms with Crippen molar-refractivity contribution in [3.8, 4) is 0 Å². The molecular weight excluding hydrogens is 236 g/mol. The maximum atomic E-state index is 9.48. The fourth-order valence-electron chi connectivity index (χ4n) is 2.15. The summed E-state index contributed by atoms with van der Waals surface area (Å²) < 4.78 is 1.18. The van der Waals surface area contributed by atoms with Crippen molar-refractivity contribution >= 4 is 21.6 Å². The lowest BCUT2D eigenvalue weighted by Gasteiger charge is -2.11. The molecule has 5 heteroatoms. The molecule has 0 amide bonds. The van der Waals surface area contributed by atoms with Gasteiger partial charge in [0.05, 0.1) is 29.0 Å². The van der Waals surface area contributed by atoms with Crippen LogP contribution in [0.4, 0.5) is 0 Å². The highest BCUT2D eigenvalue weighted by atomic mass is 32.1. The van der Waals surface area contributed by atoms with Crippen LogP contribution in [-0.4, -0.2) is 45.4 Å². The number of para-hydroxylation sites is 1. The zero-order chi connectivity index (χ0) is 11.8. The molecule has 2 aromatic rings. The molecule has 3 rings (SSSR count). The Balaban J connectivity index is 1.77. The number of aliphatic hydroxyl groups excluding tert-OH is 2. The molecule has 17 heavy (non-hydrogen) atoms. The molecule has 1 fully saturated rings. The first-order valence-electron chi connectivity index (χ1n) is 5.65. The van der Waals surface area contributed by atoms with Gasteiger partial charge in [-0.25, -0.2) is 4.98 Å². The van der Waals surface area contributed by atoms with Crippen molar-refractivity contribution in [1.29, 1.82) is 0 Å². The molecule has 0 bridgehead atoms. The molecular formula is C12H14N2O2S. The van der Waals surface area contributed by atoms with E-state index in [0.29, 0.717) is 19.6 Å². The first-order valence-corrected chi connectivity index (χ1v) is 6.47. The quantitative estimate of drug-likeness (QED) is 0.829. The van der Waals surface area contributed by atoms with Crippen molar-refractivity contribution in [2.24, 2.45) is 0 Å². The van der Waals surface area contributed by atoms with Crippen LogP contribution in [0.1, 0.15) is 5.01 Å². The number of fused-ring (bicyclic) bond motifs is 1. The summed E-state index contributed by atoms with van der Waals surface area (Å²) in [5, 5.41) is 20.0. The van der Waals surface area contributed by atoms with Gasteiger partial charge in [-0.2, -0.15) is 0 Å². The van der Waals surface area contributed by atoms with Gasteiger partial charge in [-0.15, -0.1) is 11.3 Å². The highest BCUT2D eigenvalue weighted by molar-refractivity contribution is 7.18. The van der Waals surface area contributed by atoms with Gasteiger partial charge < -0.3 is 10.2 Å². The molecule has 2 atom stereocenters. The van der Waals surface area contributed by atoms with E-state index in [-0.39, 0.29) is 0 Å². The van der Waals surface area contributed by atoms with Crippen LogP contribution in [0.15, 0.2) is 24.3 Å². The summed E-state index contributed by atoms with van der Waals surface area (Å²) in [4.78, 5) is 6.57. The van der Waals surface area contributed by atoms with Crippen LogP contribution in [0.3, 0.4) is 0 Å². The third kappa shape index (κ3) is 2.19. The Morgan fingerprint density at radius 1 is 1.24 bits per heavy atom. The molecule has 2 unspecified atom stereocenters. The number of hydrogen-bond acceptors (Lipinski definition) is 5. The molecule has 4 nitrogen and oxygen atoms in total. The number of β-amino-alcohol motifs (C(OH)–C–C–N with tert-alkyl or cyclic N) is 2. The third-order valence-electron chi connectivity index (χ3n) is 3.03. The summed E-state index contributed by atoms with van der Waals surface area (Å²) in [6.45, 7) is 1.75. The van der Waals surface area contributed by atoms with Gasteiger partial charge in [-0.1, -0.05) is 12.1 Å². The summed E-state index contributed by atoms with van der Waals surface area (Å²) in [6.07, 6.45) is -1.24. The average molecular weight is 250 g/mol. The summed E-state index contributed by atoms with van der Waals surface area (Å²) in [7, 11) is 0. The van der Waals surface area contributed by atoms with Crippen LogP contribution < -0.4 is 0 Å². The predicted octanol–water partition coefficient (Wildman–Crippen LogP) is 0.834. The minimum Gasteiger partial charge on any atom is -0.389 e. The normalized spacial score (nSPS) is 25.8. The van der Waals surface area contributed by atoms with Crippen molar-refractivity contribution in [2.75, 3.05) is 13.1 Å². The smallest absolute Gasteiger partial charge is 0.108 e. The van der Waals surface area contributed by atoms with Crippen LogP contribution in [0, 0.1) is 0 Å². The molecule has 1 saturated heterocycles. The average Bonchev–Trinajstić information content (AvgIpc) is 2.83. The Labute approximate surface area is 103 Å². The van der Waals surface area contributed by atoms with Crippen LogP contribution in [0.25, 0.3) is 10.2 Å². The van der Waals surface area contributed by atoms with Crippen molar-refractivity contribution in [2.45, 2.75) is 18.8 Å². The topological polar surface area (TPSA) is 56.6 Å². The SMILES string of the molecule is OC1CN(Cc2nc3ccccc3s2)CC1O. The Morgan fingerprint density at radius 3 is 2.65 bits per heavy atom. The van der Waals surface area contributed by atoms with Crippen molar-refractivity contribution in [1.82, 2.24) is 9.88 Å². The van der Waals surface area contributed by atoms with E-state index in [1.165, 1.54) is 4.70 Å². The molecule has 90 valence electrons. The first kappa shape index (κ1) is 11.1. The maximum Gasteiger partial charge on any atom is 0.108 e. The van der Waals surface area contributed by atoms with E-state index < -0.39 is 12.2 Å². The Hall–Kier alpha value is -1.01. The van der Waals surface area contributed by atoms with E-state index in [9.17, 15) is 10.2 Å². The highest BCUT2D eigenvalue weighted by Gasteiger charge is 2.29. The second kappa shape index (κ2) is 4.34. The van der Waals surface area contributed by atoms with E-state index >= 15 is 0 Å². The van der Waals surface area contributed by atoms with Gasteiger partial charge in [-0.3, -0.25) is 4.90 Å². The lowest BCUT2D eigenvalue weighted by Crippen LogP contribution is -2.22. The van der Waals surface area contributed by atoms with Crippen LogP contribution in [0.2, 0.25) is 0 Å². The fourth-order valence-corrected chi connectivity index (χ4v) is 3.16. The number of aromatic nitrogens is 1. The second-order valence-electron chi connectivity index (χ2n) is 4.40. The Kier molecular flexibility index (Phi) is 2.84. The molecule has 1 aliphatic rings. The molecule has 1 aliphatic heterocycles. The van der Waals surface area contributed by atoms with Crippen molar-refractivity contribution in [3.63, 3.8) is 0 Å². The number of nitrogens with zero attached hydrogens (tertiary/aromatic N) is 2.